The van der Waals surface area contributed by atoms with Crippen LogP contribution in [0.4, 0.5) is 4.79 Å². The van der Waals surface area contributed by atoms with Crippen LogP contribution in [0.25, 0.3) is 10.8 Å². The van der Waals surface area contributed by atoms with Gasteiger partial charge >= 0.3 is 6.09 Å². The van der Waals surface area contributed by atoms with Crippen LogP contribution in [-0.4, -0.2) is 86.0 Å². The zero-order valence-electron chi connectivity index (χ0n) is 21.6. The monoisotopic (exact) mass is 581 g/mol. The van der Waals surface area contributed by atoms with Gasteiger partial charge < -0.3 is 26.0 Å². The zero-order valence-corrected chi connectivity index (χ0v) is 23.3. The highest BCUT2D eigenvalue weighted by Crippen LogP contribution is 2.28. The number of carboxylic acid groups (broad SMARTS) is 1. The summed E-state index contributed by atoms with van der Waals surface area (Å²) in [5, 5.41) is 13.6. The van der Waals surface area contributed by atoms with Crippen LogP contribution in [0.3, 0.4) is 0 Å². The summed E-state index contributed by atoms with van der Waals surface area (Å²) < 4.78 is 29.2. The number of carbonyl (C=O) groups excluding carboxylic acids is 2. The van der Waals surface area contributed by atoms with Crippen LogP contribution in [0.2, 0.25) is 0 Å². The van der Waals surface area contributed by atoms with Crippen molar-refractivity contribution in [1.82, 2.24) is 19.8 Å². The minimum atomic E-state index is -4.13. The van der Waals surface area contributed by atoms with E-state index < -0.39 is 34.0 Å². The van der Waals surface area contributed by atoms with Crippen molar-refractivity contribution in [1.29, 1.82) is 0 Å². The average molecular weight is 582 g/mol. The fourth-order valence-corrected chi connectivity index (χ4v) is 6.11. The molecule has 1 aliphatic carbocycles. The Morgan fingerprint density at radius 2 is 1.82 bits per heavy atom. The van der Waals surface area contributed by atoms with E-state index in [1.54, 1.807) is 17.0 Å². The molecule has 2 unspecified atom stereocenters. The molecule has 2 fully saturated rings. The number of carbonyl (C=O) groups is 3. The second-order valence-electron chi connectivity index (χ2n) is 9.98. The molecular weight excluding hydrogens is 546 g/mol. The number of likely N-dealkylation sites (tertiary alicyclic amines) is 1. The van der Waals surface area contributed by atoms with Gasteiger partial charge in [-0.15, -0.1) is 12.4 Å². The second-order valence-corrected chi connectivity index (χ2v) is 11.7. The number of amides is 3. The molecule has 2 aromatic carbocycles. The first-order chi connectivity index (χ1) is 18.2. The van der Waals surface area contributed by atoms with E-state index in [1.165, 1.54) is 17.0 Å². The summed E-state index contributed by atoms with van der Waals surface area (Å²) in [6.45, 7) is 1.52. The molecule has 2 aliphatic rings. The van der Waals surface area contributed by atoms with Crippen LogP contribution in [-0.2, 0) is 19.6 Å². The Hall–Kier alpha value is -2.93. The molecule has 0 aromatic heterocycles. The summed E-state index contributed by atoms with van der Waals surface area (Å²) in [5.41, 5.74) is 5.71. The smallest absolute Gasteiger partial charge is 0.407 e. The minimum absolute atomic E-state index is 0. The van der Waals surface area contributed by atoms with E-state index in [1.807, 2.05) is 18.2 Å². The molecular formula is C26H36ClN5O6S. The summed E-state index contributed by atoms with van der Waals surface area (Å²) in [5.74, 6) is -1.01. The van der Waals surface area contributed by atoms with Gasteiger partial charge in [0.2, 0.25) is 21.8 Å². The summed E-state index contributed by atoms with van der Waals surface area (Å²) in [4.78, 5) is 40.6. The van der Waals surface area contributed by atoms with E-state index in [0.717, 1.165) is 30.0 Å². The average Bonchev–Trinajstić information content (AvgIpc) is 3.75. The lowest BCUT2D eigenvalue weighted by atomic mass is 9.98. The summed E-state index contributed by atoms with van der Waals surface area (Å²) in [6.07, 6.45) is 1.72. The standard InChI is InChI=1S/C26H35N5O6S.ClH/c27-11-13-31(21-8-9-21)25(33)23(15-24(32)28-16-18-4-3-12-30(17-18)26(34)35)29-38(36,37)22-10-7-19-5-1-2-6-20(19)14-22;/h1-2,5-7,10,14,18,21,23,29H,3-4,8-9,11-13,15-17,27H2,(H,28,32)(H,34,35);1H. The number of piperidine rings is 1. The first kappa shape index (κ1) is 30.6. The fourth-order valence-electron chi connectivity index (χ4n) is 4.89. The Morgan fingerprint density at radius 1 is 1.10 bits per heavy atom. The molecule has 1 saturated heterocycles. The number of nitrogens with two attached hydrogens (primary N) is 1. The van der Waals surface area contributed by atoms with Crippen molar-refractivity contribution >= 4 is 51.1 Å². The van der Waals surface area contributed by atoms with Gasteiger partial charge in [0.15, 0.2) is 0 Å². The molecule has 0 bridgehead atoms. The summed E-state index contributed by atoms with van der Waals surface area (Å²) in [6, 6.07) is 10.7. The number of fused-ring (bicyclic) bond motifs is 1. The van der Waals surface area contributed by atoms with Crippen molar-refractivity contribution in [2.75, 3.05) is 32.7 Å². The van der Waals surface area contributed by atoms with Crippen LogP contribution < -0.4 is 15.8 Å². The molecule has 11 nitrogen and oxygen atoms in total. The first-order valence-electron chi connectivity index (χ1n) is 12.9. The Labute approximate surface area is 234 Å². The molecule has 0 radical (unpaired) electrons. The highest BCUT2D eigenvalue weighted by Gasteiger charge is 2.38. The van der Waals surface area contributed by atoms with Crippen molar-refractivity contribution in [3.63, 3.8) is 0 Å². The van der Waals surface area contributed by atoms with Crippen molar-refractivity contribution in [3.05, 3.63) is 42.5 Å². The maximum Gasteiger partial charge on any atom is 0.407 e. The third-order valence-electron chi connectivity index (χ3n) is 7.03. The lowest BCUT2D eigenvalue weighted by molar-refractivity contribution is -0.136. The van der Waals surface area contributed by atoms with Gasteiger partial charge in [-0.05, 0) is 54.5 Å². The molecule has 13 heteroatoms. The number of hydrogen-bond acceptors (Lipinski definition) is 6. The van der Waals surface area contributed by atoms with Crippen molar-refractivity contribution in [2.45, 2.75) is 49.1 Å². The highest BCUT2D eigenvalue weighted by atomic mass is 35.5. The number of nitrogens with one attached hydrogen (secondary N) is 2. The summed E-state index contributed by atoms with van der Waals surface area (Å²) in [7, 11) is -4.13. The molecule has 0 spiro atoms. The number of rotatable bonds is 11. The quantitative estimate of drug-likeness (QED) is 0.314. The van der Waals surface area contributed by atoms with Crippen LogP contribution in [0.1, 0.15) is 32.1 Å². The fraction of sp³-hybridized carbons (Fsp3) is 0.500. The Bertz CT molecular complexity index is 1290. The normalized spacial score (nSPS) is 18.2. The van der Waals surface area contributed by atoms with E-state index in [4.69, 9.17) is 5.73 Å². The summed E-state index contributed by atoms with van der Waals surface area (Å²) >= 11 is 0. The number of hydrogen-bond donors (Lipinski definition) is 4. The highest BCUT2D eigenvalue weighted by molar-refractivity contribution is 7.89. The van der Waals surface area contributed by atoms with E-state index in [-0.39, 0.29) is 55.3 Å². The predicted octanol–water partition coefficient (Wildman–Crippen LogP) is 1.75. The number of benzene rings is 2. The molecule has 39 heavy (non-hydrogen) atoms. The molecule has 3 amide bonds. The zero-order chi connectivity index (χ0) is 27.3. The number of halogens is 1. The van der Waals surface area contributed by atoms with Gasteiger partial charge in [0.25, 0.3) is 0 Å². The van der Waals surface area contributed by atoms with Crippen LogP contribution in [0.15, 0.2) is 47.4 Å². The van der Waals surface area contributed by atoms with Gasteiger partial charge in [0.1, 0.15) is 6.04 Å². The number of sulfonamides is 1. The molecule has 214 valence electrons. The van der Waals surface area contributed by atoms with Gasteiger partial charge in [0, 0.05) is 38.8 Å². The van der Waals surface area contributed by atoms with Crippen molar-refractivity contribution in [2.24, 2.45) is 11.7 Å². The molecule has 5 N–H and O–H groups in total. The number of nitrogens with zero attached hydrogens (tertiary/aromatic N) is 2. The van der Waals surface area contributed by atoms with Crippen molar-refractivity contribution < 1.29 is 27.9 Å². The van der Waals surface area contributed by atoms with E-state index in [9.17, 15) is 27.9 Å². The van der Waals surface area contributed by atoms with Gasteiger partial charge in [-0.3, -0.25) is 9.59 Å². The molecule has 1 saturated carbocycles. The lowest BCUT2D eigenvalue weighted by Gasteiger charge is -2.31. The minimum Gasteiger partial charge on any atom is -0.465 e. The topological polar surface area (TPSA) is 162 Å². The van der Waals surface area contributed by atoms with Crippen molar-refractivity contribution in [3.8, 4) is 0 Å². The van der Waals surface area contributed by atoms with E-state index in [0.29, 0.717) is 19.5 Å². The Balaban J connectivity index is 0.00000420. The SMILES string of the molecule is Cl.NCCN(C(=O)C(CC(=O)NCC1CCCN(C(=O)O)C1)NS(=O)(=O)c1ccc2ccccc2c1)C1CC1. The van der Waals surface area contributed by atoms with Gasteiger partial charge in [0.05, 0.1) is 11.3 Å². The van der Waals surface area contributed by atoms with E-state index >= 15 is 0 Å². The molecule has 2 atom stereocenters. The van der Waals surface area contributed by atoms with Gasteiger partial charge in [-0.2, -0.15) is 4.72 Å². The third-order valence-corrected chi connectivity index (χ3v) is 8.50. The van der Waals surface area contributed by atoms with Crippen LogP contribution >= 0.6 is 12.4 Å². The maximum atomic E-state index is 13.5. The van der Waals surface area contributed by atoms with Gasteiger partial charge in [-0.1, -0.05) is 30.3 Å². The predicted molar refractivity (Wildman–Crippen MR) is 149 cm³/mol. The Morgan fingerprint density at radius 3 is 2.49 bits per heavy atom. The van der Waals surface area contributed by atoms with Crippen LogP contribution in [0, 0.1) is 5.92 Å². The molecule has 1 aliphatic heterocycles. The molecule has 1 heterocycles. The molecule has 2 aromatic rings. The van der Waals surface area contributed by atoms with E-state index in [2.05, 4.69) is 10.0 Å². The molecule has 4 rings (SSSR count). The third kappa shape index (κ3) is 8.04. The first-order valence-corrected chi connectivity index (χ1v) is 14.4. The second kappa shape index (κ2) is 13.4. The van der Waals surface area contributed by atoms with Crippen LogP contribution in [0.5, 0.6) is 0 Å². The van der Waals surface area contributed by atoms with Gasteiger partial charge in [-0.25, -0.2) is 13.2 Å². The lowest BCUT2D eigenvalue weighted by Crippen LogP contribution is -2.52. The largest absolute Gasteiger partial charge is 0.465 e. The maximum absolute atomic E-state index is 13.5. The Kier molecular flexibility index (Phi) is 10.5.